The Bertz CT molecular complexity index is 1410. The van der Waals surface area contributed by atoms with Crippen molar-refractivity contribution in [2.24, 2.45) is 0 Å². The van der Waals surface area contributed by atoms with Gasteiger partial charge in [0.15, 0.2) is 11.5 Å². The number of halogens is 2. The van der Waals surface area contributed by atoms with Gasteiger partial charge in [-0.3, -0.25) is 0 Å². The fourth-order valence-electron chi connectivity index (χ4n) is 3.58. The van der Waals surface area contributed by atoms with Crippen molar-refractivity contribution in [1.82, 2.24) is 24.9 Å². The minimum absolute atomic E-state index is 0.292. The molecule has 0 unspecified atom stereocenters. The number of benzene rings is 2. The third-order valence-electron chi connectivity index (χ3n) is 5.12. The van der Waals surface area contributed by atoms with Crippen molar-refractivity contribution in [2.75, 3.05) is 5.73 Å². The van der Waals surface area contributed by atoms with Crippen molar-refractivity contribution in [3.8, 4) is 11.3 Å². The van der Waals surface area contributed by atoms with Crippen molar-refractivity contribution in [3.05, 3.63) is 77.1 Å². The highest BCUT2D eigenvalue weighted by Crippen LogP contribution is 2.36. The highest BCUT2D eigenvalue weighted by Gasteiger charge is 2.21. The zero-order valence-corrected chi connectivity index (χ0v) is 16.7. The Morgan fingerprint density at radius 2 is 1.90 bits per heavy atom. The van der Waals surface area contributed by atoms with Crippen molar-refractivity contribution in [1.29, 1.82) is 0 Å². The molecule has 0 aliphatic heterocycles. The number of nitrogens with zero attached hydrogens (tertiary/aromatic N) is 4. The number of imidazole rings is 1. The molecule has 0 fully saturated rings. The van der Waals surface area contributed by atoms with E-state index in [-0.39, 0.29) is 11.7 Å². The maximum Gasteiger partial charge on any atom is 0.183 e. The van der Waals surface area contributed by atoms with Crippen LogP contribution >= 0.6 is 11.6 Å². The summed E-state index contributed by atoms with van der Waals surface area (Å²) in [6, 6.07) is 13.8. The number of aromatic amines is 1. The molecular weight excluding hydrogens is 403 g/mol. The molecule has 8 heteroatoms. The molecule has 0 saturated carbocycles. The van der Waals surface area contributed by atoms with Gasteiger partial charge in [0, 0.05) is 21.9 Å². The summed E-state index contributed by atoms with van der Waals surface area (Å²) in [6.07, 6.45) is 1.53. The van der Waals surface area contributed by atoms with E-state index >= 15 is 0 Å². The molecule has 2 aromatic carbocycles. The second kappa shape index (κ2) is 7.03. The number of nitrogen functional groups attached to an aromatic ring is 1. The highest BCUT2D eigenvalue weighted by molar-refractivity contribution is 6.35. The van der Waals surface area contributed by atoms with E-state index < -0.39 is 0 Å². The molecule has 0 amide bonds. The molecule has 3 N–H and O–H groups in total. The number of anilines is 1. The molecule has 0 saturated heterocycles. The number of pyridine rings is 1. The van der Waals surface area contributed by atoms with E-state index in [4.69, 9.17) is 22.3 Å². The standard InChI is InChI=1S/C22H16ClFN6/c1-11(21-29-20(25)19-22(30-21)27-10-26-19)14-9-15-16(23)6-3-7-17(15)28-18(14)12-4-2-5-13(24)8-12/h2-11H,1H3,(H3,25,26,27,29,30)/t11-/m0/s1. The van der Waals surface area contributed by atoms with Gasteiger partial charge in [0.2, 0.25) is 0 Å². The van der Waals surface area contributed by atoms with Gasteiger partial charge < -0.3 is 10.7 Å². The van der Waals surface area contributed by atoms with E-state index in [9.17, 15) is 4.39 Å². The second-order valence-electron chi connectivity index (χ2n) is 7.03. The molecule has 30 heavy (non-hydrogen) atoms. The van der Waals surface area contributed by atoms with Crippen LogP contribution in [0.25, 0.3) is 33.3 Å². The maximum atomic E-state index is 14.0. The van der Waals surface area contributed by atoms with E-state index in [1.165, 1.54) is 18.5 Å². The molecule has 3 heterocycles. The Kier molecular flexibility index (Phi) is 4.33. The summed E-state index contributed by atoms with van der Waals surface area (Å²) in [5.74, 6) is 0.189. The van der Waals surface area contributed by atoms with Gasteiger partial charge in [-0.05, 0) is 35.9 Å². The van der Waals surface area contributed by atoms with Gasteiger partial charge in [-0.15, -0.1) is 0 Å². The minimum Gasteiger partial charge on any atom is -0.382 e. The third-order valence-corrected chi connectivity index (χ3v) is 5.45. The van der Waals surface area contributed by atoms with Crippen LogP contribution in [0.5, 0.6) is 0 Å². The van der Waals surface area contributed by atoms with E-state index in [2.05, 4.69) is 19.9 Å². The van der Waals surface area contributed by atoms with E-state index in [1.54, 1.807) is 6.07 Å². The van der Waals surface area contributed by atoms with Gasteiger partial charge in [-0.25, -0.2) is 24.3 Å². The minimum atomic E-state index is -0.336. The van der Waals surface area contributed by atoms with Crippen LogP contribution in [0, 0.1) is 5.82 Å². The average Bonchev–Trinajstić information content (AvgIpc) is 3.22. The SMILES string of the molecule is C[C@H](c1nc(N)c2[nH]cnc2n1)c1cc2c(Cl)cccc2nc1-c1cccc(F)c1. The number of rotatable bonds is 3. The maximum absolute atomic E-state index is 14.0. The van der Waals surface area contributed by atoms with Gasteiger partial charge in [0.05, 0.1) is 17.5 Å². The third kappa shape index (κ3) is 3.04. The van der Waals surface area contributed by atoms with E-state index in [0.29, 0.717) is 39.1 Å². The number of hydrogen-bond acceptors (Lipinski definition) is 5. The number of H-pyrrole nitrogens is 1. The molecule has 0 bridgehead atoms. The number of aromatic nitrogens is 5. The first kappa shape index (κ1) is 18.4. The first-order valence-electron chi connectivity index (χ1n) is 9.33. The number of nitrogens with two attached hydrogens (primary N) is 1. The first-order chi connectivity index (χ1) is 14.5. The monoisotopic (exact) mass is 418 g/mol. The van der Waals surface area contributed by atoms with Gasteiger partial charge in [-0.2, -0.15) is 0 Å². The van der Waals surface area contributed by atoms with Crippen LogP contribution in [0.4, 0.5) is 10.2 Å². The lowest BCUT2D eigenvalue weighted by atomic mass is 9.93. The fourth-order valence-corrected chi connectivity index (χ4v) is 3.80. The lowest BCUT2D eigenvalue weighted by Gasteiger charge is -2.17. The molecule has 0 aliphatic rings. The van der Waals surface area contributed by atoms with Gasteiger partial charge in [0.25, 0.3) is 0 Å². The zero-order chi connectivity index (χ0) is 20.8. The van der Waals surface area contributed by atoms with Crippen LogP contribution in [0.1, 0.15) is 24.2 Å². The number of nitrogens with one attached hydrogen (secondary N) is 1. The molecule has 0 aliphatic carbocycles. The summed E-state index contributed by atoms with van der Waals surface area (Å²) in [5, 5.41) is 1.39. The second-order valence-corrected chi connectivity index (χ2v) is 7.44. The quantitative estimate of drug-likeness (QED) is 0.425. The molecule has 1 atom stereocenters. The first-order valence-corrected chi connectivity index (χ1v) is 9.70. The summed E-state index contributed by atoms with van der Waals surface area (Å²) in [6.45, 7) is 1.95. The number of hydrogen-bond donors (Lipinski definition) is 2. The summed E-state index contributed by atoms with van der Waals surface area (Å²) in [5.41, 5.74) is 10.0. The zero-order valence-electron chi connectivity index (χ0n) is 15.9. The van der Waals surface area contributed by atoms with Crippen molar-refractivity contribution in [2.45, 2.75) is 12.8 Å². The van der Waals surface area contributed by atoms with Crippen LogP contribution < -0.4 is 5.73 Å². The predicted molar refractivity (Wildman–Crippen MR) is 116 cm³/mol. The normalized spacial score (nSPS) is 12.5. The van der Waals surface area contributed by atoms with Crippen LogP contribution in [0.15, 0.2) is 54.9 Å². The highest BCUT2D eigenvalue weighted by atomic mass is 35.5. The van der Waals surface area contributed by atoms with Crippen molar-refractivity contribution < 1.29 is 4.39 Å². The lowest BCUT2D eigenvalue weighted by molar-refractivity contribution is 0.628. The van der Waals surface area contributed by atoms with Crippen LogP contribution in [0.2, 0.25) is 5.02 Å². The summed E-state index contributed by atoms with van der Waals surface area (Å²) in [4.78, 5) is 21.0. The average molecular weight is 419 g/mol. The molecule has 5 aromatic rings. The molecule has 3 aromatic heterocycles. The van der Waals surface area contributed by atoms with Crippen LogP contribution in [0.3, 0.4) is 0 Å². The molecule has 0 spiro atoms. The summed E-state index contributed by atoms with van der Waals surface area (Å²) in [7, 11) is 0. The largest absolute Gasteiger partial charge is 0.382 e. The molecule has 148 valence electrons. The van der Waals surface area contributed by atoms with E-state index in [0.717, 1.165) is 16.5 Å². The van der Waals surface area contributed by atoms with E-state index in [1.807, 2.05) is 37.3 Å². The lowest BCUT2D eigenvalue weighted by Crippen LogP contribution is -2.08. The van der Waals surface area contributed by atoms with Crippen LogP contribution in [-0.2, 0) is 0 Å². The topological polar surface area (TPSA) is 93.4 Å². The fraction of sp³-hybridized carbons (Fsp3) is 0.0909. The van der Waals surface area contributed by atoms with Crippen molar-refractivity contribution >= 4 is 39.5 Å². The van der Waals surface area contributed by atoms with Gasteiger partial charge >= 0.3 is 0 Å². The molecule has 0 radical (unpaired) electrons. The molecule has 6 nitrogen and oxygen atoms in total. The predicted octanol–water partition coefficient (Wildman–Crippen LogP) is 5.09. The Labute approximate surface area is 176 Å². The number of fused-ring (bicyclic) bond motifs is 2. The Hall–Kier alpha value is -3.58. The Morgan fingerprint density at radius 3 is 2.73 bits per heavy atom. The van der Waals surface area contributed by atoms with Gasteiger partial charge in [0.1, 0.15) is 17.2 Å². The van der Waals surface area contributed by atoms with Crippen LogP contribution in [-0.4, -0.2) is 24.9 Å². The molecule has 5 rings (SSSR count). The van der Waals surface area contributed by atoms with Gasteiger partial charge in [-0.1, -0.05) is 36.7 Å². The van der Waals surface area contributed by atoms with Crippen molar-refractivity contribution in [3.63, 3.8) is 0 Å². The molecular formula is C22H16ClFN6. The Morgan fingerprint density at radius 1 is 1.07 bits per heavy atom. The smallest absolute Gasteiger partial charge is 0.183 e. The summed E-state index contributed by atoms with van der Waals surface area (Å²) >= 11 is 6.43. The summed E-state index contributed by atoms with van der Waals surface area (Å²) < 4.78 is 14.0. The Balaban J connectivity index is 1.76.